The lowest BCUT2D eigenvalue weighted by atomic mass is 10.1. The van der Waals surface area contributed by atoms with E-state index in [1.165, 1.54) is 0 Å². The molecule has 0 aliphatic rings. The number of esters is 1. The fraction of sp³-hybridized carbons (Fsp3) is 0.263. The zero-order valence-electron chi connectivity index (χ0n) is 14.3. The second-order valence-electron chi connectivity index (χ2n) is 5.16. The van der Waals surface area contributed by atoms with E-state index in [9.17, 15) is 9.59 Å². The molecule has 132 valence electrons. The van der Waals surface area contributed by atoms with Crippen LogP contribution in [0.3, 0.4) is 0 Å². The molecule has 0 unspecified atom stereocenters. The van der Waals surface area contributed by atoms with E-state index >= 15 is 0 Å². The SMILES string of the molecule is CCOC(=O)Nc1cccc(C(=O)OCCc2ccc(OC)cc2)c1. The molecule has 0 spiro atoms. The second kappa shape index (κ2) is 9.32. The van der Waals surface area contributed by atoms with Gasteiger partial charge in [-0.25, -0.2) is 9.59 Å². The number of hydrogen-bond acceptors (Lipinski definition) is 5. The largest absolute Gasteiger partial charge is 0.497 e. The van der Waals surface area contributed by atoms with E-state index in [-0.39, 0.29) is 13.2 Å². The van der Waals surface area contributed by atoms with Gasteiger partial charge < -0.3 is 14.2 Å². The molecule has 2 rings (SSSR count). The number of nitrogens with one attached hydrogen (secondary N) is 1. The van der Waals surface area contributed by atoms with E-state index in [4.69, 9.17) is 14.2 Å². The van der Waals surface area contributed by atoms with E-state index in [1.54, 1.807) is 38.3 Å². The summed E-state index contributed by atoms with van der Waals surface area (Å²) in [6.07, 6.45) is 0.0452. The molecular formula is C19H21NO5. The van der Waals surface area contributed by atoms with Crippen LogP contribution in [-0.4, -0.2) is 32.4 Å². The Morgan fingerprint density at radius 3 is 2.48 bits per heavy atom. The van der Waals surface area contributed by atoms with Crippen molar-refractivity contribution in [2.45, 2.75) is 13.3 Å². The molecule has 25 heavy (non-hydrogen) atoms. The van der Waals surface area contributed by atoms with Crippen molar-refractivity contribution in [2.24, 2.45) is 0 Å². The Balaban J connectivity index is 1.86. The molecule has 0 heterocycles. The van der Waals surface area contributed by atoms with Gasteiger partial charge in [0.25, 0.3) is 0 Å². The summed E-state index contributed by atoms with van der Waals surface area (Å²) < 4.78 is 15.2. The fourth-order valence-corrected chi connectivity index (χ4v) is 2.15. The van der Waals surface area contributed by atoms with Crippen LogP contribution in [0.25, 0.3) is 0 Å². The Morgan fingerprint density at radius 1 is 1.04 bits per heavy atom. The van der Waals surface area contributed by atoms with Crippen molar-refractivity contribution in [3.8, 4) is 5.75 Å². The van der Waals surface area contributed by atoms with Crippen molar-refractivity contribution in [3.63, 3.8) is 0 Å². The van der Waals surface area contributed by atoms with Crippen molar-refractivity contribution in [3.05, 3.63) is 59.7 Å². The van der Waals surface area contributed by atoms with Gasteiger partial charge in [0.15, 0.2) is 0 Å². The summed E-state index contributed by atoms with van der Waals surface area (Å²) >= 11 is 0. The van der Waals surface area contributed by atoms with Crippen LogP contribution in [0.5, 0.6) is 5.75 Å². The molecule has 0 radical (unpaired) electrons. The average molecular weight is 343 g/mol. The first-order valence-electron chi connectivity index (χ1n) is 7.96. The van der Waals surface area contributed by atoms with E-state index in [0.29, 0.717) is 17.7 Å². The molecule has 2 aromatic rings. The van der Waals surface area contributed by atoms with Crippen molar-refractivity contribution in [1.29, 1.82) is 0 Å². The number of methoxy groups -OCH3 is 1. The minimum absolute atomic E-state index is 0.265. The van der Waals surface area contributed by atoms with Crippen molar-refractivity contribution >= 4 is 17.7 Å². The monoisotopic (exact) mass is 343 g/mol. The first-order valence-corrected chi connectivity index (χ1v) is 7.96. The zero-order valence-corrected chi connectivity index (χ0v) is 14.3. The van der Waals surface area contributed by atoms with Gasteiger partial charge in [-0.05, 0) is 42.8 Å². The molecule has 1 N–H and O–H groups in total. The van der Waals surface area contributed by atoms with Gasteiger partial charge in [-0.3, -0.25) is 5.32 Å². The number of ether oxygens (including phenoxy) is 3. The Kier molecular flexibility index (Phi) is 6.83. The first-order chi connectivity index (χ1) is 12.1. The number of carbonyl (C=O) groups excluding carboxylic acids is 2. The number of benzene rings is 2. The summed E-state index contributed by atoms with van der Waals surface area (Å²) in [4.78, 5) is 23.5. The maximum atomic E-state index is 12.1. The average Bonchev–Trinajstić information content (AvgIpc) is 2.62. The standard InChI is InChI=1S/C19H21NO5/c1-3-24-19(22)20-16-6-4-5-15(13-16)18(21)25-12-11-14-7-9-17(23-2)10-8-14/h4-10,13H,3,11-12H2,1-2H3,(H,20,22). The molecule has 6 nitrogen and oxygen atoms in total. The van der Waals surface area contributed by atoms with Gasteiger partial charge in [0, 0.05) is 12.1 Å². The van der Waals surface area contributed by atoms with Crippen LogP contribution < -0.4 is 10.1 Å². The van der Waals surface area contributed by atoms with Gasteiger partial charge in [-0.1, -0.05) is 18.2 Å². The highest BCUT2D eigenvalue weighted by Gasteiger charge is 2.09. The highest BCUT2D eigenvalue weighted by molar-refractivity contribution is 5.92. The Hall–Kier alpha value is -3.02. The Bertz CT molecular complexity index is 712. The molecule has 0 bridgehead atoms. The summed E-state index contributed by atoms with van der Waals surface area (Å²) in [5.41, 5.74) is 1.89. The quantitative estimate of drug-likeness (QED) is 0.777. The first kappa shape index (κ1) is 18.3. The van der Waals surface area contributed by atoms with Gasteiger partial charge in [0.05, 0.1) is 25.9 Å². The molecule has 0 aromatic heterocycles. The Morgan fingerprint density at radius 2 is 1.80 bits per heavy atom. The van der Waals surface area contributed by atoms with Crippen molar-refractivity contribution in [2.75, 3.05) is 25.6 Å². The summed E-state index contributed by atoms with van der Waals surface area (Å²) in [7, 11) is 1.61. The second-order valence-corrected chi connectivity index (χ2v) is 5.16. The van der Waals surface area contributed by atoms with Crippen molar-refractivity contribution < 1.29 is 23.8 Å². The molecule has 1 amide bonds. The number of carbonyl (C=O) groups is 2. The van der Waals surface area contributed by atoms with Gasteiger partial charge in [-0.2, -0.15) is 0 Å². The predicted octanol–water partition coefficient (Wildman–Crippen LogP) is 3.66. The number of rotatable bonds is 7. The predicted molar refractivity (Wildman–Crippen MR) is 94.1 cm³/mol. The van der Waals surface area contributed by atoms with Gasteiger partial charge in [0.1, 0.15) is 5.75 Å². The fourth-order valence-electron chi connectivity index (χ4n) is 2.15. The van der Waals surface area contributed by atoms with E-state index < -0.39 is 12.1 Å². The number of anilines is 1. The van der Waals surface area contributed by atoms with Crippen LogP contribution in [0.15, 0.2) is 48.5 Å². The topological polar surface area (TPSA) is 73.9 Å². The normalized spacial score (nSPS) is 10.0. The van der Waals surface area contributed by atoms with Crippen LogP contribution in [-0.2, 0) is 15.9 Å². The Labute approximate surface area is 146 Å². The minimum atomic E-state index is -0.562. The molecule has 0 aliphatic carbocycles. The maximum absolute atomic E-state index is 12.1. The summed E-state index contributed by atoms with van der Waals surface area (Å²) in [6, 6.07) is 14.1. The highest BCUT2D eigenvalue weighted by Crippen LogP contribution is 2.14. The van der Waals surface area contributed by atoms with E-state index in [2.05, 4.69) is 5.32 Å². The van der Waals surface area contributed by atoms with Crippen molar-refractivity contribution in [1.82, 2.24) is 0 Å². The number of hydrogen-bond donors (Lipinski definition) is 1. The zero-order chi connectivity index (χ0) is 18.1. The lowest BCUT2D eigenvalue weighted by Gasteiger charge is -2.08. The molecular weight excluding hydrogens is 322 g/mol. The van der Waals surface area contributed by atoms with Crippen LogP contribution in [0, 0.1) is 0 Å². The molecule has 0 fully saturated rings. The lowest BCUT2D eigenvalue weighted by Crippen LogP contribution is -2.14. The lowest BCUT2D eigenvalue weighted by molar-refractivity contribution is 0.0509. The third kappa shape index (κ3) is 5.84. The van der Waals surface area contributed by atoms with Crippen LogP contribution in [0.1, 0.15) is 22.8 Å². The number of amides is 1. The minimum Gasteiger partial charge on any atom is -0.497 e. The highest BCUT2D eigenvalue weighted by atomic mass is 16.5. The van der Waals surface area contributed by atoms with Crippen LogP contribution in [0.4, 0.5) is 10.5 Å². The maximum Gasteiger partial charge on any atom is 0.411 e. The van der Waals surface area contributed by atoms with Crippen LogP contribution in [0.2, 0.25) is 0 Å². The smallest absolute Gasteiger partial charge is 0.411 e. The van der Waals surface area contributed by atoms with Crippen LogP contribution >= 0.6 is 0 Å². The van der Waals surface area contributed by atoms with E-state index in [1.807, 2.05) is 24.3 Å². The summed E-state index contributed by atoms with van der Waals surface area (Å²) in [5.74, 6) is 0.340. The third-order valence-corrected chi connectivity index (χ3v) is 3.40. The van der Waals surface area contributed by atoms with Gasteiger partial charge in [-0.15, -0.1) is 0 Å². The van der Waals surface area contributed by atoms with Gasteiger partial charge in [0.2, 0.25) is 0 Å². The molecule has 0 atom stereocenters. The molecule has 0 aliphatic heterocycles. The third-order valence-electron chi connectivity index (χ3n) is 3.40. The molecule has 2 aromatic carbocycles. The molecule has 6 heteroatoms. The summed E-state index contributed by atoms with van der Waals surface area (Å²) in [5, 5.41) is 2.55. The molecule has 0 saturated carbocycles. The van der Waals surface area contributed by atoms with Gasteiger partial charge >= 0.3 is 12.1 Å². The van der Waals surface area contributed by atoms with E-state index in [0.717, 1.165) is 11.3 Å². The summed E-state index contributed by atoms with van der Waals surface area (Å²) in [6.45, 7) is 2.26. The molecule has 0 saturated heterocycles.